The summed E-state index contributed by atoms with van der Waals surface area (Å²) in [4.78, 5) is 26.9. The lowest BCUT2D eigenvalue weighted by Crippen LogP contribution is -2.21. The molecule has 2 aromatic rings. The Kier molecular flexibility index (Phi) is 6.51. The highest BCUT2D eigenvalue weighted by molar-refractivity contribution is 14.1. The molecule has 25 heavy (non-hydrogen) atoms. The molecule has 1 amide bonds. The minimum Gasteiger partial charge on any atom is -0.462 e. The summed E-state index contributed by atoms with van der Waals surface area (Å²) in [7, 11) is 0. The molecule has 2 rings (SSSR count). The molecular formula is C16H16FIN4O3. The summed E-state index contributed by atoms with van der Waals surface area (Å²) in [5, 5.41) is 2.81. The fourth-order valence-electron chi connectivity index (χ4n) is 2.02. The summed E-state index contributed by atoms with van der Waals surface area (Å²) in [6.45, 7) is 3.59. The summed E-state index contributed by atoms with van der Waals surface area (Å²) in [6, 6.07) is 6.17. The van der Waals surface area contributed by atoms with Gasteiger partial charge in [-0.1, -0.05) is 0 Å². The van der Waals surface area contributed by atoms with Gasteiger partial charge in [0.05, 0.1) is 12.3 Å². The van der Waals surface area contributed by atoms with Crippen LogP contribution in [-0.2, 0) is 9.53 Å². The van der Waals surface area contributed by atoms with E-state index < -0.39 is 11.8 Å². The van der Waals surface area contributed by atoms with Crippen molar-refractivity contribution in [3.63, 3.8) is 0 Å². The zero-order valence-corrected chi connectivity index (χ0v) is 15.7. The molecule has 0 aliphatic rings. The zero-order chi connectivity index (χ0) is 18.4. The standard InChI is InChI=1S/C16H16FIN4O3/c1-3-25-16(24)11-6-9(2)14(22-19-8-23)21-15(11)20-13-5-4-10(18)7-12(13)17/h4-8H,3H2,1-2H3,(H,19,23)(H2,20,21,22). The largest absolute Gasteiger partial charge is 0.462 e. The first-order chi connectivity index (χ1) is 12.0. The van der Waals surface area contributed by atoms with Gasteiger partial charge in [-0.05, 0) is 66.3 Å². The van der Waals surface area contributed by atoms with Crippen molar-refractivity contribution < 1.29 is 18.7 Å². The van der Waals surface area contributed by atoms with Crippen LogP contribution in [0.25, 0.3) is 0 Å². The second-order valence-corrected chi connectivity index (χ2v) is 6.15. The van der Waals surface area contributed by atoms with E-state index in [9.17, 15) is 14.0 Å². The van der Waals surface area contributed by atoms with Crippen LogP contribution in [0.15, 0.2) is 24.3 Å². The lowest BCUT2D eigenvalue weighted by Gasteiger charge is -2.15. The Morgan fingerprint density at radius 1 is 1.36 bits per heavy atom. The number of anilines is 3. The van der Waals surface area contributed by atoms with Gasteiger partial charge in [-0.3, -0.25) is 15.6 Å². The fraction of sp³-hybridized carbons (Fsp3) is 0.188. The van der Waals surface area contributed by atoms with E-state index in [0.717, 1.165) is 3.57 Å². The van der Waals surface area contributed by atoms with Crippen LogP contribution in [0.4, 0.5) is 21.7 Å². The second-order valence-electron chi connectivity index (χ2n) is 4.91. The predicted octanol–water partition coefficient (Wildman–Crippen LogP) is 3.13. The van der Waals surface area contributed by atoms with Gasteiger partial charge in [0.1, 0.15) is 23.0 Å². The van der Waals surface area contributed by atoms with E-state index in [1.807, 2.05) is 22.6 Å². The summed E-state index contributed by atoms with van der Waals surface area (Å²) in [5.41, 5.74) is 5.80. The maximum Gasteiger partial charge on any atom is 0.341 e. The first-order valence-corrected chi connectivity index (χ1v) is 8.40. The number of aryl methyl sites for hydroxylation is 1. The molecule has 9 heteroatoms. The van der Waals surface area contributed by atoms with E-state index in [4.69, 9.17) is 4.74 Å². The Morgan fingerprint density at radius 3 is 2.76 bits per heavy atom. The third-order valence-corrected chi connectivity index (χ3v) is 3.81. The van der Waals surface area contributed by atoms with Crippen LogP contribution in [0.5, 0.6) is 0 Å². The van der Waals surface area contributed by atoms with E-state index in [-0.39, 0.29) is 23.7 Å². The minimum atomic E-state index is -0.582. The number of rotatable bonds is 7. The highest BCUT2D eigenvalue weighted by atomic mass is 127. The molecule has 0 saturated carbocycles. The third-order valence-electron chi connectivity index (χ3n) is 3.14. The SMILES string of the molecule is CCOC(=O)c1cc(C)c(NNC=O)nc1Nc1ccc(I)cc1F. The van der Waals surface area contributed by atoms with Gasteiger partial charge in [-0.2, -0.15) is 0 Å². The molecule has 3 N–H and O–H groups in total. The number of carbonyl (C=O) groups excluding carboxylic acids is 2. The first kappa shape index (κ1) is 18.9. The quantitative estimate of drug-likeness (QED) is 0.256. The van der Waals surface area contributed by atoms with Gasteiger partial charge in [0.2, 0.25) is 6.41 Å². The Balaban J connectivity index is 2.46. The Bertz CT molecular complexity index is 801. The van der Waals surface area contributed by atoms with Crippen molar-refractivity contribution in [2.24, 2.45) is 0 Å². The Morgan fingerprint density at radius 2 is 2.12 bits per heavy atom. The van der Waals surface area contributed by atoms with Crippen molar-refractivity contribution in [3.8, 4) is 0 Å². The number of hydrazine groups is 1. The molecule has 7 nitrogen and oxygen atoms in total. The molecule has 132 valence electrons. The molecule has 1 heterocycles. The maximum atomic E-state index is 14.1. The zero-order valence-electron chi connectivity index (χ0n) is 13.5. The number of aromatic nitrogens is 1. The van der Waals surface area contributed by atoms with Crippen LogP contribution in [0.1, 0.15) is 22.8 Å². The van der Waals surface area contributed by atoms with Crippen molar-refractivity contribution >= 4 is 52.3 Å². The number of amides is 1. The fourth-order valence-corrected chi connectivity index (χ4v) is 2.47. The summed E-state index contributed by atoms with van der Waals surface area (Å²) < 4.78 is 19.9. The van der Waals surface area contributed by atoms with Crippen LogP contribution >= 0.6 is 22.6 Å². The minimum absolute atomic E-state index is 0.111. The van der Waals surface area contributed by atoms with E-state index in [1.54, 1.807) is 32.0 Å². The molecule has 0 unspecified atom stereocenters. The lowest BCUT2D eigenvalue weighted by molar-refractivity contribution is -0.109. The number of benzene rings is 1. The Labute approximate surface area is 157 Å². The number of nitrogens with one attached hydrogen (secondary N) is 3. The van der Waals surface area contributed by atoms with Gasteiger partial charge in [-0.15, -0.1) is 0 Å². The number of hydrogen-bond donors (Lipinski definition) is 3. The lowest BCUT2D eigenvalue weighted by atomic mass is 10.1. The van der Waals surface area contributed by atoms with Gasteiger partial charge in [0, 0.05) is 3.57 Å². The van der Waals surface area contributed by atoms with Crippen molar-refractivity contribution in [2.45, 2.75) is 13.8 Å². The van der Waals surface area contributed by atoms with Crippen molar-refractivity contribution in [2.75, 3.05) is 17.3 Å². The number of halogens is 2. The van der Waals surface area contributed by atoms with Crippen LogP contribution in [-0.4, -0.2) is 24.0 Å². The van der Waals surface area contributed by atoms with Gasteiger partial charge in [0.25, 0.3) is 0 Å². The highest BCUT2D eigenvalue weighted by Gasteiger charge is 2.18. The number of hydrogen-bond acceptors (Lipinski definition) is 6. The third kappa shape index (κ3) is 4.78. The average Bonchev–Trinajstić information content (AvgIpc) is 2.57. The van der Waals surface area contributed by atoms with Crippen LogP contribution in [0, 0.1) is 16.3 Å². The second kappa shape index (κ2) is 8.60. The number of carbonyl (C=O) groups is 2. The van der Waals surface area contributed by atoms with Crippen LogP contribution < -0.4 is 16.2 Å². The van der Waals surface area contributed by atoms with Crippen molar-refractivity contribution in [3.05, 3.63) is 44.8 Å². The number of pyridine rings is 1. The van der Waals surface area contributed by atoms with E-state index in [2.05, 4.69) is 21.2 Å². The molecule has 0 radical (unpaired) electrons. The topological polar surface area (TPSA) is 92.4 Å². The molecule has 0 fully saturated rings. The molecule has 0 aliphatic carbocycles. The maximum absolute atomic E-state index is 14.1. The van der Waals surface area contributed by atoms with E-state index in [0.29, 0.717) is 17.8 Å². The molecule has 0 saturated heterocycles. The molecule has 0 spiro atoms. The number of ether oxygens (including phenoxy) is 1. The summed E-state index contributed by atoms with van der Waals surface area (Å²) >= 11 is 2.00. The van der Waals surface area contributed by atoms with Crippen molar-refractivity contribution in [1.82, 2.24) is 10.4 Å². The number of nitrogens with zero attached hydrogens (tertiary/aromatic N) is 1. The monoisotopic (exact) mass is 458 g/mol. The van der Waals surface area contributed by atoms with Gasteiger partial charge in [0.15, 0.2) is 0 Å². The summed E-state index contributed by atoms with van der Waals surface area (Å²) in [6.07, 6.45) is 0.451. The summed E-state index contributed by atoms with van der Waals surface area (Å²) in [5.74, 6) is -0.640. The molecule has 0 aliphatic heterocycles. The van der Waals surface area contributed by atoms with Crippen LogP contribution in [0.2, 0.25) is 0 Å². The van der Waals surface area contributed by atoms with Gasteiger partial charge < -0.3 is 10.1 Å². The van der Waals surface area contributed by atoms with Crippen molar-refractivity contribution in [1.29, 1.82) is 0 Å². The normalized spacial score (nSPS) is 10.1. The molecule has 1 aromatic carbocycles. The average molecular weight is 458 g/mol. The van der Waals surface area contributed by atoms with E-state index in [1.165, 1.54) is 6.07 Å². The molecule has 0 atom stereocenters. The van der Waals surface area contributed by atoms with Crippen LogP contribution in [0.3, 0.4) is 0 Å². The molecular weight excluding hydrogens is 442 g/mol. The number of esters is 1. The van der Waals surface area contributed by atoms with E-state index >= 15 is 0 Å². The molecule has 1 aromatic heterocycles. The smallest absolute Gasteiger partial charge is 0.341 e. The highest BCUT2D eigenvalue weighted by Crippen LogP contribution is 2.26. The molecule has 0 bridgehead atoms. The van der Waals surface area contributed by atoms with Gasteiger partial charge >= 0.3 is 5.97 Å². The predicted molar refractivity (Wildman–Crippen MR) is 100 cm³/mol. The Hall–Kier alpha value is -2.43. The van der Waals surface area contributed by atoms with Gasteiger partial charge in [-0.25, -0.2) is 14.2 Å². The first-order valence-electron chi connectivity index (χ1n) is 7.32.